The van der Waals surface area contributed by atoms with E-state index in [0.717, 1.165) is 22.3 Å². The smallest absolute Gasteiger partial charge is 0.123 e. The molecule has 0 amide bonds. The lowest BCUT2D eigenvalue weighted by molar-refractivity contribution is 0.622. The predicted octanol–water partition coefficient (Wildman–Crippen LogP) is 4.14. The summed E-state index contributed by atoms with van der Waals surface area (Å²) in [5.74, 6) is -0.266. The molecule has 94 valence electrons. The van der Waals surface area contributed by atoms with Gasteiger partial charge in [-0.2, -0.15) is 0 Å². The summed E-state index contributed by atoms with van der Waals surface area (Å²) in [6.07, 6.45) is 0. The van der Waals surface area contributed by atoms with E-state index in [1.54, 1.807) is 12.1 Å². The SMILES string of the molecule is Cc1cc(Cl)ccc1C(N)c1cc(F)ccc1C. The Morgan fingerprint density at radius 1 is 1.00 bits per heavy atom. The maximum Gasteiger partial charge on any atom is 0.123 e. The maximum atomic E-state index is 13.3. The normalized spacial score (nSPS) is 12.5. The van der Waals surface area contributed by atoms with Crippen LogP contribution in [0.4, 0.5) is 4.39 Å². The van der Waals surface area contributed by atoms with Crippen molar-refractivity contribution in [2.24, 2.45) is 5.73 Å². The first kappa shape index (κ1) is 13.1. The third-order valence-electron chi connectivity index (χ3n) is 3.14. The molecule has 2 aromatic rings. The van der Waals surface area contributed by atoms with Crippen LogP contribution in [0.15, 0.2) is 36.4 Å². The van der Waals surface area contributed by atoms with Gasteiger partial charge in [-0.25, -0.2) is 4.39 Å². The molecule has 1 atom stereocenters. The minimum atomic E-state index is -0.335. The Labute approximate surface area is 111 Å². The van der Waals surface area contributed by atoms with Crippen LogP contribution in [0, 0.1) is 19.7 Å². The van der Waals surface area contributed by atoms with Crippen molar-refractivity contribution >= 4 is 11.6 Å². The molecule has 1 nitrogen and oxygen atoms in total. The lowest BCUT2D eigenvalue weighted by Crippen LogP contribution is -2.14. The van der Waals surface area contributed by atoms with E-state index in [1.807, 2.05) is 26.0 Å². The van der Waals surface area contributed by atoms with E-state index in [-0.39, 0.29) is 11.9 Å². The van der Waals surface area contributed by atoms with Crippen LogP contribution in [0.1, 0.15) is 28.3 Å². The number of hydrogen-bond acceptors (Lipinski definition) is 1. The molecule has 0 aromatic heterocycles. The molecule has 18 heavy (non-hydrogen) atoms. The van der Waals surface area contributed by atoms with Gasteiger partial charge in [-0.3, -0.25) is 0 Å². The average molecular weight is 264 g/mol. The molecule has 2 rings (SSSR count). The average Bonchev–Trinajstić information content (AvgIpc) is 2.31. The molecule has 1 unspecified atom stereocenters. The molecule has 0 bridgehead atoms. The van der Waals surface area contributed by atoms with Gasteiger partial charge in [-0.05, 0) is 60.4 Å². The number of aryl methyl sites for hydroxylation is 2. The lowest BCUT2D eigenvalue weighted by atomic mass is 9.93. The van der Waals surface area contributed by atoms with Gasteiger partial charge in [0.2, 0.25) is 0 Å². The summed E-state index contributed by atoms with van der Waals surface area (Å²) in [6.45, 7) is 3.88. The third kappa shape index (κ3) is 2.55. The van der Waals surface area contributed by atoms with Crippen LogP contribution in [0.25, 0.3) is 0 Å². The second-order valence-corrected chi connectivity index (χ2v) is 4.92. The first-order chi connectivity index (χ1) is 8.49. The van der Waals surface area contributed by atoms with Crippen molar-refractivity contribution in [2.45, 2.75) is 19.9 Å². The zero-order chi connectivity index (χ0) is 13.3. The molecule has 0 heterocycles. The van der Waals surface area contributed by atoms with Gasteiger partial charge in [0.25, 0.3) is 0 Å². The maximum absolute atomic E-state index is 13.3. The second-order valence-electron chi connectivity index (χ2n) is 4.48. The van der Waals surface area contributed by atoms with Crippen molar-refractivity contribution in [3.05, 3.63) is 69.5 Å². The molecule has 3 heteroatoms. The van der Waals surface area contributed by atoms with Crippen LogP contribution in [0.2, 0.25) is 5.02 Å². The number of nitrogens with two attached hydrogens (primary N) is 1. The molecule has 0 fully saturated rings. The topological polar surface area (TPSA) is 26.0 Å². The van der Waals surface area contributed by atoms with Gasteiger partial charge in [0.15, 0.2) is 0 Å². The summed E-state index contributed by atoms with van der Waals surface area (Å²) in [6, 6.07) is 9.92. The third-order valence-corrected chi connectivity index (χ3v) is 3.38. The Morgan fingerprint density at radius 3 is 2.39 bits per heavy atom. The minimum absolute atomic E-state index is 0.266. The standard InChI is InChI=1S/C15H15ClFN/c1-9-3-5-12(17)8-14(9)15(18)13-6-4-11(16)7-10(13)2/h3-8,15H,18H2,1-2H3. The fourth-order valence-electron chi connectivity index (χ4n) is 2.10. The van der Waals surface area contributed by atoms with Crippen molar-refractivity contribution in [1.82, 2.24) is 0 Å². The Hall–Kier alpha value is -1.38. The molecule has 0 radical (unpaired) electrons. The Balaban J connectivity index is 2.47. The number of rotatable bonds is 2. The first-order valence-corrected chi connectivity index (χ1v) is 6.14. The molecular formula is C15H15ClFN. The van der Waals surface area contributed by atoms with Gasteiger partial charge in [0.05, 0.1) is 6.04 Å². The summed E-state index contributed by atoms with van der Waals surface area (Å²) >= 11 is 5.92. The Bertz CT molecular complexity index is 581. The largest absolute Gasteiger partial charge is 0.320 e. The number of benzene rings is 2. The molecule has 0 aliphatic heterocycles. The Kier molecular flexibility index (Phi) is 3.69. The fourth-order valence-corrected chi connectivity index (χ4v) is 2.33. The molecule has 0 aliphatic rings. The monoisotopic (exact) mass is 263 g/mol. The van der Waals surface area contributed by atoms with Gasteiger partial charge >= 0.3 is 0 Å². The zero-order valence-electron chi connectivity index (χ0n) is 10.4. The molecule has 0 spiro atoms. The van der Waals surface area contributed by atoms with Crippen molar-refractivity contribution in [1.29, 1.82) is 0 Å². The van der Waals surface area contributed by atoms with Crippen LogP contribution in [-0.4, -0.2) is 0 Å². The quantitative estimate of drug-likeness (QED) is 0.866. The van der Waals surface area contributed by atoms with Crippen LogP contribution < -0.4 is 5.73 Å². The van der Waals surface area contributed by atoms with E-state index < -0.39 is 0 Å². The van der Waals surface area contributed by atoms with E-state index in [0.29, 0.717) is 5.02 Å². The summed E-state index contributed by atoms with van der Waals surface area (Å²) in [4.78, 5) is 0. The fraction of sp³-hybridized carbons (Fsp3) is 0.200. The van der Waals surface area contributed by atoms with E-state index in [4.69, 9.17) is 17.3 Å². The molecule has 0 saturated carbocycles. The van der Waals surface area contributed by atoms with Crippen molar-refractivity contribution in [2.75, 3.05) is 0 Å². The van der Waals surface area contributed by atoms with E-state index in [9.17, 15) is 4.39 Å². The molecule has 2 aromatic carbocycles. The van der Waals surface area contributed by atoms with Crippen LogP contribution in [0.3, 0.4) is 0 Å². The van der Waals surface area contributed by atoms with E-state index in [1.165, 1.54) is 12.1 Å². The highest BCUT2D eigenvalue weighted by Gasteiger charge is 2.14. The van der Waals surface area contributed by atoms with Gasteiger partial charge < -0.3 is 5.73 Å². The number of hydrogen-bond donors (Lipinski definition) is 1. The molecule has 0 saturated heterocycles. The Morgan fingerprint density at radius 2 is 1.72 bits per heavy atom. The van der Waals surface area contributed by atoms with Gasteiger partial charge in [0, 0.05) is 5.02 Å². The summed E-state index contributed by atoms with van der Waals surface area (Å²) in [5, 5.41) is 0.680. The van der Waals surface area contributed by atoms with Crippen molar-refractivity contribution in [3.8, 4) is 0 Å². The van der Waals surface area contributed by atoms with Crippen LogP contribution >= 0.6 is 11.6 Å². The minimum Gasteiger partial charge on any atom is -0.320 e. The zero-order valence-corrected chi connectivity index (χ0v) is 11.1. The van der Waals surface area contributed by atoms with Crippen molar-refractivity contribution in [3.63, 3.8) is 0 Å². The molecule has 2 N–H and O–H groups in total. The van der Waals surface area contributed by atoms with Crippen LogP contribution in [-0.2, 0) is 0 Å². The van der Waals surface area contributed by atoms with E-state index in [2.05, 4.69) is 0 Å². The van der Waals surface area contributed by atoms with Gasteiger partial charge in [-0.15, -0.1) is 0 Å². The molecule has 0 aliphatic carbocycles. The highest BCUT2D eigenvalue weighted by atomic mass is 35.5. The second kappa shape index (κ2) is 5.09. The van der Waals surface area contributed by atoms with Crippen LogP contribution in [0.5, 0.6) is 0 Å². The van der Waals surface area contributed by atoms with Gasteiger partial charge in [0.1, 0.15) is 5.82 Å². The van der Waals surface area contributed by atoms with Crippen molar-refractivity contribution < 1.29 is 4.39 Å². The highest BCUT2D eigenvalue weighted by molar-refractivity contribution is 6.30. The van der Waals surface area contributed by atoms with E-state index >= 15 is 0 Å². The predicted molar refractivity (Wildman–Crippen MR) is 73.4 cm³/mol. The first-order valence-electron chi connectivity index (χ1n) is 5.76. The summed E-state index contributed by atoms with van der Waals surface area (Å²) in [5.41, 5.74) is 10.00. The summed E-state index contributed by atoms with van der Waals surface area (Å²) < 4.78 is 13.3. The highest BCUT2D eigenvalue weighted by Crippen LogP contribution is 2.27. The molecular weight excluding hydrogens is 249 g/mol. The van der Waals surface area contributed by atoms with Gasteiger partial charge in [-0.1, -0.05) is 23.7 Å². The number of halogens is 2. The lowest BCUT2D eigenvalue weighted by Gasteiger charge is -2.17. The summed E-state index contributed by atoms with van der Waals surface area (Å²) in [7, 11) is 0.